The largest absolute Gasteiger partial charge is 0.406 e. The number of carbonyl (C=O) groups excluding carboxylic acids is 1. The van der Waals surface area contributed by atoms with Gasteiger partial charge in [-0.15, -0.1) is 10.2 Å². The molecule has 3 rings (SSSR count). The Morgan fingerprint density at radius 3 is 2.64 bits per heavy atom. The summed E-state index contributed by atoms with van der Waals surface area (Å²) >= 11 is 1.17. The Labute approximate surface area is 164 Å². The van der Waals surface area contributed by atoms with Crippen molar-refractivity contribution in [2.45, 2.75) is 30.1 Å². The van der Waals surface area contributed by atoms with Crippen molar-refractivity contribution in [2.24, 2.45) is 0 Å². The Morgan fingerprint density at radius 1 is 1.18 bits per heavy atom. The summed E-state index contributed by atoms with van der Waals surface area (Å²) in [5, 5.41) is 10.2. The molecule has 0 aliphatic heterocycles. The molecule has 1 unspecified atom stereocenters. The molecule has 9 heteroatoms. The van der Waals surface area contributed by atoms with Crippen LogP contribution in [0.5, 0.6) is 0 Å². The number of hydrogen-bond acceptors (Lipinski definition) is 4. The average molecular weight is 406 g/mol. The van der Waals surface area contributed by atoms with Crippen LogP contribution in [0.2, 0.25) is 0 Å². The summed E-state index contributed by atoms with van der Waals surface area (Å²) < 4.78 is 38.9. The molecule has 2 aromatic carbocycles. The predicted molar refractivity (Wildman–Crippen MR) is 101 cm³/mol. The second-order valence-electron chi connectivity index (χ2n) is 6.06. The third-order valence-electron chi connectivity index (χ3n) is 3.86. The van der Waals surface area contributed by atoms with Crippen LogP contribution in [-0.2, 0) is 6.54 Å². The molecular formula is C19H17F3N4OS. The molecule has 0 radical (unpaired) electrons. The summed E-state index contributed by atoms with van der Waals surface area (Å²) in [6, 6.07) is 16.0. The maximum atomic E-state index is 12.6. The van der Waals surface area contributed by atoms with Crippen LogP contribution >= 0.6 is 11.8 Å². The van der Waals surface area contributed by atoms with E-state index in [1.54, 1.807) is 42.5 Å². The Bertz CT molecular complexity index is 944. The van der Waals surface area contributed by atoms with Crippen molar-refractivity contribution >= 4 is 23.4 Å². The number of nitrogens with one attached hydrogen (secondary N) is 1. The van der Waals surface area contributed by atoms with Crippen molar-refractivity contribution in [1.29, 1.82) is 0 Å². The number of carbonyl (C=O) groups is 1. The molecule has 146 valence electrons. The van der Waals surface area contributed by atoms with Crippen molar-refractivity contribution in [1.82, 2.24) is 14.8 Å². The molecule has 0 fully saturated rings. The summed E-state index contributed by atoms with van der Waals surface area (Å²) in [6.07, 6.45) is -3.28. The zero-order valence-electron chi connectivity index (χ0n) is 14.8. The summed E-state index contributed by atoms with van der Waals surface area (Å²) in [5.74, 6) is -0.233. The van der Waals surface area contributed by atoms with Crippen LogP contribution in [0.4, 0.5) is 18.9 Å². The first kappa shape index (κ1) is 19.9. The van der Waals surface area contributed by atoms with E-state index in [0.29, 0.717) is 11.3 Å². The average Bonchev–Trinajstić information content (AvgIpc) is 3.07. The van der Waals surface area contributed by atoms with Crippen LogP contribution < -0.4 is 5.32 Å². The number of alkyl halides is 3. The van der Waals surface area contributed by atoms with Crippen molar-refractivity contribution in [3.8, 4) is 0 Å². The van der Waals surface area contributed by atoms with E-state index in [2.05, 4.69) is 15.5 Å². The first-order valence-corrected chi connectivity index (χ1v) is 9.27. The molecule has 28 heavy (non-hydrogen) atoms. The lowest BCUT2D eigenvalue weighted by atomic mass is 10.1. The highest BCUT2D eigenvalue weighted by atomic mass is 32.2. The van der Waals surface area contributed by atoms with Gasteiger partial charge in [0.15, 0.2) is 5.16 Å². The smallest absolute Gasteiger partial charge is 0.322 e. The standard InChI is InChI=1S/C19H17F3N4OS/c1-13(28-18-25-23-12-26(18)11-19(20,21)22)15-8-5-9-16(10-15)24-17(27)14-6-3-2-4-7-14/h2-10,12-13H,11H2,1H3,(H,24,27). The zero-order chi connectivity index (χ0) is 20.1. The fourth-order valence-corrected chi connectivity index (χ4v) is 3.47. The molecule has 1 atom stereocenters. The molecule has 0 bridgehead atoms. The van der Waals surface area contributed by atoms with Gasteiger partial charge in [0.1, 0.15) is 12.9 Å². The van der Waals surface area contributed by atoms with E-state index in [1.807, 2.05) is 19.1 Å². The molecule has 1 amide bonds. The fourth-order valence-electron chi connectivity index (χ4n) is 2.53. The number of rotatable bonds is 6. The fraction of sp³-hybridized carbons (Fsp3) is 0.211. The number of benzene rings is 2. The highest BCUT2D eigenvalue weighted by Crippen LogP contribution is 2.35. The SMILES string of the molecule is CC(Sc1nncn1CC(F)(F)F)c1cccc(NC(=O)c2ccccc2)c1. The van der Waals surface area contributed by atoms with Crippen molar-refractivity contribution in [2.75, 3.05) is 5.32 Å². The molecule has 3 aromatic rings. The monoisotopic (exact) mass is 406 g/mol. The van der Waals surface area contributed by atoms with Gasteiger partial charge in [-0.25, -0.2) is 0 Å². The lowest BCUT2D eigenvalue weighted by Crippen LogP contribution is -2.17. The van der Waals surface area contributed by atoms with Gasteiger partial charge in [-0.3, -0.25) is 9.36 Å². The van der Waals surface area contributed by atoms with E-state index in [1.165, 1.54) is 11.8 Å². The predicted octanol–water partition coefficient (Wildman–Crippen LogP) is 4.95. The van der Waals surface area contributed by atoms with Gasteiger partial charge in [0.2, 0.25) is 0 Å². The van der Waals surface area contributed by atoms with E-state index in [0.717, 1.165) is 16.5 Å². The summed E-state index contributed by atoms with van der Waals surface area (Å²) in [4.78, 5) is 12.3. The third kappa shape index (κ3) is 5.35. The lowest BCUT2D eigenvalue weighted by Gasteiger charge is -2.14. The molecule has 0 spiro atoms. The Morgan fingerprint density at radius 2 is 1.93 bits per heavy atom. The molecule has 1 N–H and O–H groups in total. The minimum Gasteiger partial charge on any atom is -0.322 e. The van der Waals surface area contributed by atoms with Crippen LogP contribution in [-0.4, -0.2) is 26.8 Å². The molecule has 1 heterocycles. The van der Waals surface area contributed by atoms with Crippen molar-refractivity contribution in [3.63, 3.8) is 0 Å². The van der Waals surface area contributed by atoms with Gasteiger partial charge < -0.3 is 5.32 Å². The molecule has 1 aromatic heterocycles. The third-order valence-corrected chi connectivity index (χ3v) is 5.01. The maximum absolute atomic E-state index is 12.6. The van der Waals surface area contributed by atoms with Gasteiger partial charge in [0.05, 0.1) is 0 Å². The number of amides is 1. The van der Waals surface area contributed by atoms with E-state index < -0.39 is 12.7 Å². The van der Waals surface area contributed by atoms with Crippen LogP contribution in [0.25, 0.3) is 0 Å². The van der Waals surface area contributed by atoms with Gasteiger partial charge in [0.25, 0.3) is 5.91 Å². The van der Waals surface area contributed by atoms with Crippen molar-refractivity contribution in [3.05, 3.63) is 72.1 Å². The zero-order valence-corrected chi connectivity index (χ0v) is 15.7. The number of anilines is 1. The molecular weight excluding hydrogens is 389 g/mol. The summed E-state index contributed by atoms with van der Waals surface area (Å²) in [7, 11) is 0. The quantitative estimate of drug-likeness (QED) is 0.589. The first-order chi connectivity index (χ1) is 13.3. The lowest BCUT2D eigenvalue weighted by molar-refractivity contribution is -0.142. The minimum atomic E-state index is -4.34. The van der Waals surface area contributed by atoms with E-state index in [4.69, 9.17) is 0 Å². The first-order valence-electron chi connectivity index (χ1n) is 8.39. The van der Waals surface area contributed by atoms with Gasteiger partial charge in [-0.2, -0.15) is 13.2 Å². The second-order valence-corrected chi connectivity index (χ2v) is 7.37. The van der Waals surface area contributed by atoms with Crippen LogP contribution in [0.15, 0.2) is 66.1 Å². The van der Waals surface area contributed by atoms with Gasteiger partial charge in [0, 0.05) is 16.5 Å². The van der Waals surface area contributed by atoms with Gasteiger partial charge >= 0.3 is 6.18 Å². The van der Waals surface area contributed by atoms with Crippen LogP contribution in [0.1, 0.15) is 28.1 Å². The highest BCUT2D eigenvalue weighted by Gasteiger charge is 2.29. The topological polar surface area (TPSA) is 59.8 Å². The molecule has 0 aliphatic rings. The summed E-state index contributed by atoms with van der Waals surface area (Å²) in [6.45, 7) is 0.720. The highest BCUT2D eigenvalue weighted by molar-refractivity contribution is 7.99. The Kier molecular flexibility index (Phi) is 6.03. The van der Waals surface area contributed by atoms with Gasteiger partial charge in [-0.05, 0) is 36.8 Å². The Balaban J connectivity index is 1.70. The molecule has 0 saturated heterocycles. The number of halogens is 3. The number of thioether (sulfide) groups is 1. The normalized spacial score (nSPS) is 12.6. The summed E-state index contributed by atoms with van der Waals surface area (Å²) in [5.41, 5.74) is 1.99. The van der Waals surface area contributed by atoms with Crippen LogP contribution in [0, 0.1) is 0 Å². The number of hydrogen-bond donors (Lipinski definition) is 1. The van der Waals surface area contributed by atoms with E-state index in [9.17, 15) is 18.0 Å². The minimum absolute atomic E-state index is 0.184. The number of aromatic nitrogens is 3. The van der Waals surface area contributed by atoms with E-state index >= 15 is 0 Å². The van der Waals surface area contributed by atoms with E-state index in [-0.39, 0.29) is 16.3 Å². The Hall–Kier alpha value is -2.81. The van der Waals surface area contributed by atoms with Gasteiger partial charge in [-0.1, -0.05) is 42.1 Å². The molecule has 5 nitrogen and oxygen atoms in total. The molecule has 0 aliphatic carbocycles. The van der Waals surface area contributed by atoms with Crippen LogP contribution in [0.3, 0.4) is 0 Å². The maximum Gasteiger partial charge on any atom is 0.406 e. The second kappa shape index (κ2) is 8.47. The van der Waals surface area contributed by atoms with Crippen molar-refractivity contribution < 1.29 is 18.0 Å². The number of nitrogens with zero attached hydrogens (tertiary/aromatic N) is 3. The molecule has 0 saturated carbocycles.